The Morgan fingerprint density at radius 3 is 2.58 bits per heavy atom. The van der Waals surface area contributed by atoms with Crippen molar-refractivity contribution in [3.63, 3.8) is 0 Å². The van der Waals surface area contributed by atoms with Crippen LogP contribution in [0.1, 0.15) is 60.9 Å². The minimum atomic E-state index is -4.24. The lowest BCUT2D eigenvalue weighted by Gasteiger charge is -2.20. The summed E-state index contributed by atoms with van der Waals surface area (Å²) < 4.78 is 32.4. The molecule has 166 valence electrons. The molecule has 7 nitrogen and oxygen atoms in total. The van der Waals surface area contributed by atoms with Crippen molar-refractivity contribution in [2.45, 2.75) is 63.6 Å². The van der Waals surface area contributed by atoms with Gasteiger partial charge in [-0.25, -0.2) is 9.52 Å². The van der Waals surface area contributed by atoms with Gasteiger partial charge in [0.2, 0.25) is 5.09 Å². The van der Waals surface area contributed by atoms with Crippen LogP contribution in [0.4, 0.5) is 10.5 Å². The van der Waals surface area contributed by atoms with E-state index in [9.17, 15) is 18.3 Å². The molecule has 2 aromatic rings. The lowest BCUT2D eigenvalue weighted by molar-refractivity contribution is 0.0779. The molecule has 2 amide bonds. The van der Waals surface area contributed by atoms with Gasteiger partial charge in [-0.05, 0) is 81.1 Å². The number of amides is 2. The summed E-state index contributed by atoms with van der Waals surface area (Å²) in [5, 5.41) is 12.4. The second-order valence-corrected chi connectivity index (χ2v) is 10.6. The number of urea groups is 1. The number of carbonyl (C=O) groups is 1. The summed E-state index contributed by atoms with van der Waals surface area (Å²) in [7, 11) is -4.24. The second-order valence-electron chi connectivity index (χ2n) is 9.01. The number of nitrogens with one attached hydrogen (secondary N) is 2. The van der Waals surface area contributed by atoms with Crippen LogP contribution in [0.5, 0.6) is 0 Å². The Kier molecular flexibility index (Phi) is 5.26. The SMILES string of the molecule is C=C(c1c(C)cc2c(c1NC(=O)NS(=O)(=O)c1cc(C(C)(C)O)co1)CCC2)C1CC1. The zero-order chi connectivity index (χ0) is 22.6. The molecule has 31 heavy (non-hydrogen) atoms. The van der Waals surface area contributed by atoms with Crippen LogP contribution in [0, 0.1) is 12.8 Å². The molecular weight excluding hydrogens is 416 g/mol. The summed E-state index contributed by atoms with van der Waals surface area (Å²) in [5.41, 5.74) is 4.88. The molecule has 0 spiro atoms. The molecule has 8 heteroatoms. The molecular formula is C23H28N2O5S. The van der Waals surface area contributed by atoms with E-state index in [1.165, 1.54) is 25.5 Å². The smallest absolute Gasteiger partial charge is 0.333 e. The number of sulfonamides is 1. The molecule has 0 bridgehead atoms. The van der Waals surface area contributed by atoms with Crippen molar-refractivity contribution in [1.29, 1.82) is 0 Å². The van der Waals surface area contributed by atoms with Crippen LogP contribution in [-0.4, -0.2) is 19.6 Å². The summed E-state index contributed by atoms with van der Waals surface area (Å²) in [6.45, 7) is 9.29. The third-order valence-corrected chi connectivity index (χ3v) is 7.20. The van der Waals surface area contributed by atoms with Gasteiger partial charge < -0.3 is 14.8 Å². The highest BCUT2D eigenvalue weighted by atomic mass is 32.2. The van der Waals surface area contributed by atoms with Gasteiger partial charge >= 0.3 is 6.03 Å². The van der Waals surface area contributed by atoms with Gasteiger partial charge in [0.05, 0.1) is 17.6 Å². The van der Waals surface area contributed by atoms with Crippen molar-refractivity contribution >= 4 is 27.3 Å². The average molecular weight is 445 g/mol. The normalized spacial score (nSPS) is 16.1. The topological polar surface area (TPSA) is 109 Å². The molecule has 0 radical (unpaired) electrons. The fraction of sp³-hybridized carbons (Fsp3) is 0.435. The Balaban J connectivity index is 1.61. The third kappa shape index (κ3) is 4.27. The summed E-state index contributed by atoms with van der Waals surface area (Å²) in [4.78, 5) is 12.8. The number of carbonyl (C=O) groups excluding carboxylic acids is 1. The van der Waals surface area contributed by atoms with E-state index in [1.807, 2.05) is 11.6 Å². The Bertz CT molecular complexity index is 1170. The first-order chi connectivity index (χ1) is 14.5. The third-order valence-electron chi connectivity index (χ3n) is 6.00. The Morgan fingerprint density at radius 1 is 1.26 bits per heavy atom. The first-order valence-electron chi connectivity index (χ1n) is 10.5. The molecule has 0 unspecified atom stereocenters. The van der Waals surface area contributed by atoms with Crippen molar-refractivity contribution in [3.8, 4) is 0 Å². The van der Waals surface area contributed by atoms with E-state index >= 15 is 0 Å². The highest BCUT2D eigenvalue weighted by Gasteiger charge is 2.31. The minimum Gasteiger partial charge on any atom is -0.451 e. The van der Waals surface area contributed by atoms with Crippen LogP contribution in [0.25, 0.3) is 5.57 Å². The van der Waals surface area contributed by atoms with Crippen LogP contribution in [0.2, 0.25) is 0 Å². The zero-order valence-corrected chi connectivity index (χ0v) is 18.9. The fourth-order valence-electron chi connectivity index (χ4n) is 4.17. The maximum Gasteiger partial charge on any atom is 0.333 e. The van der Waals surface area contributed by atoms with Gasteiger partial charge in [0, 0.05) is 17.2 Å². The summed E-state index contributed by atoms with van der Waals surface area (Å²) >= 11 is 0. The number of fused-ring (bicyclic) bond motifs is 1. The van der Waals surface area contributed by atoms with E-state index in [0.29, 0.717) is 17.2 Å². The zero-order valence-electron chi connectivity index (χ0n) is 18.0. The van der Waals surface area contributed by atoms with Crippen LogP contribution in [0.3, 0.4) is 0 Å². The Morgan fingerprint density at radius 2 is 1.97 bits per heavy atom. The minimum absolute atomic E-state index is 0.299. The van der Waals surface area contributed by atoms with E-state index in [0.717, 1.165) is 60.6 Å². The molecule has 2 aliphatic rings. The van der Waals surface area contributed by atoms with E-state index in [1.54, 1.807) is 0 Å². The Labute approximate surface area is 182 Å². The second kappa shape index (κ2) is 7.53. The maximum absolute atomic E-state index is 12.8. The first kappa shape index (κ1) is 21.6. The molecule has 2 aliphatic carbocycles. The van der Waals surface area contributed by atoms with Crippen molar-refractivity contribution in [2.75, 3.05) is 5.32 Å². The van der Waals surface area contributed by atoms with Gasteiger partial charge in [-0.3, -0.25) is 0 Å². The van der Waals surface area contributed by atoms with Gasteiger partial charge in [-0.2, -0.15) is 8.42 Å². The molecule has 0 saturated heterocycles. The molecule has 3 N–H and O–H groups in total. The summed E-state index contributed by atoms with van der Waals surface area (Å²) in [6, 6.07) is 2.51. The van der Waals surface area contributed by atoms with Crippen LogP contribution in [0.15, 0.2) is 34.5 Å². The monoisotopic (exact) mass is 444 g/mol. The molecule has 1 aromatic heterocycles. The summed E-state index contributed by atoms with van der Waals surface area (Å²) in [6.07, 6.45) is 6.09. The first-order valence-corrected chi connectivity index (χ1v) is 12.0. The molecule has 0 atom stereocenters. The Hall–Kier alpha value is -2.58. The number of anilines is 1. The van der Waals surface area contributed by atoms with E-state index in [2.05, 4.69) is 18.0 Å². The summed E-state index contributed by atoms with van der Waals surface area (Å²) in [5.74, 6) is 0.411. The molecule has 0 aliphatic heterocycles. The van der Waals surface area contributed by atoms with Crippen LogP contribution < -0.4 is 10.0 Å². The highest BCUT2D eigenvalue weighted by molar-refractivity contribution is 7.89. The number of rotatable bonds is 6. The lowest BCUT2D eigenvalue weighted by Crippen LogP contribution is -2.34. The molecule has 1 aromatic carbocycles. The number of aryl methyl sites for hydroxylation is 2. The molecule has 1 fully saturated rings. The number of benzene rings is 1. The number of furan rings is 1. The maximum atomic E-state index is 12.8. The largest absolute Gasteiger partial charge is 0.451 e. The lowest BCUT2D eigenvalue weighted by atomic mass is 9.91. The number of aliphatic hydroxyl groups is 1. The predicted octanol–water partition coefficient (Wildman–Crippen LogP) is 4.24. The van der Waals surface area contributed by atoms with Crippen molar-refractivity contribution in [3.05, 3.63) is 52.8 Å². The number of allylic oxidation sites excluding steroid dienone is 1. The van der Waals surface area contributed by atoms with E-state index < -0.39 is 26.7 Å². The number of hydrogen-bond donors (Lipinski definition) is 3. The van der Waals surface area contributed by atoms with Crippen LogP contribution >= 0.6 is 0 Å². The molecule has 1 saturated carbocycles. The van der Waals surface area contributed by atoms with Gasteiger partial charge in [0.1, 0.15) is 0 Å². The predicted molar refractivity (Wildman–Crippen MR) is 118 cm³/mol. The van der Waals surface area contributed by atoms with E-state index in [-0.39, 0.29) is 0 Å². The molecule has 4 rings (SSSR count). The van der Waals surface area contributed by atoms with Gasteiger partial charge in [0.25, 0.3) is 10.0 Å². The van der Waals surface area contributed by atoms with Gasteiger partial charge in [-0.1, -0.05) is 12.6 Å². The van der Waals surface area contributed by atoms with Crippen molar-refractivity contribution in [2.24, 2.45) is 5.92 Å². The quantitative estimate of drug-likeness (QED) is 0.618. The standard InChI is InChI=1S/C23H28N2O5S/c1-13-10-16-6-5-7-18(16)21(20(13)14(2)15-8-9-15)24-22(26)25-31(28,29)19-11-17(12-30-19)23(3,4)27/h10-12,15,27H,2,5-9H2,1,3-4H3,(H2,24,25,26). The van der Waals surface area contributed by atoms with Crippen molar-refractivity contribution < 1.29 is 22.7 Å². The average Bonchev–Trinajstić information content (AvgIpc) is 3.17. The van der Waals surface area contributed by atoms with Gasteiger partial charge in [0.15, 0.2) is 0 Å². The van der Waals surface area contributed by atoms with Gasteiger partial charge in [-0.15, -0.1) is 0 Å². The number of hydrogen-bond acceptors (Lipinski definition) is 5. The highest BCUT2D eigenvalue weighted by Crippen LogP contribution is 2.46. The molecule has 1 heterocycles. The fourth-order valence-corrected chi connectivity index (χ4v) is 5.02. The van der Waals surface area contributed by atoms with Crippen LogP contribution in [-0.2, 0) is 28.5 Å². The van der Waals surface area contributed by atoms with Crippen molar-refractivity contribution in [1.82, 2.24) is 4.72 Å². The van der Waals surface area contributed by atoms with E-state index in [4.69, 9.17) is 4.42 Å².